The number of nitrogens with one attached hydrogen (secondary N) is 2. The topological polar surface area (TPSA) is 84.5 Å². The summed E-state index contributed by atoms with van der Waals surface area (Å²) in [6, 6.07) is 11.6. The standard InChI is InChI=1S/C18H18N2O4S/c21-18(19-14-5-6-14)12-1-3-15(4-2-12)20-25(22,23)16-7-8-17-13(11-16)9-10-24-17/h1-4,7-8,11,14,20H,5-6,9-10H2,(H,19,21). The maximum absolute atomic E-state index is 12.5. The Morgan fingerprint density at radius 1 is 1.08 bits per heavy atom. The molecule has 6 nitrogen and oxygen atoms in total. The van der Waals surface area contributed by atoms with E-state index in [1.165, 1.54) is 6.07 Å². The van der Waals surface area contributed by atoms with Crippen LogP contribution in [0.5, 0.6) is 5.75 Å². The molecule has 0 radical (unpaired) electrons. The zero-order valence-corrected chi connectivity index (χ0v) is 14.3. The van der Waals surface area contributed by atoms with Crippen LogP contribution >= 0.6 is 0 Å². The summed E-state index contributed by atoms with van der Waals surface area (Å²) in [5.41, 5.74) is 1.83. The number of rotatable bonds is 5. The maximum Gasteiger partial charge on any atom is 0.261 e. The Labute approximate surface area is 146 Å². The van der Waals surface area contributed by atoms with Crippen molar-refractivity contribution in [1.29, 1.82) is 0 Å². The molecule has 1 saturated carbocycles. The highest BCUT2D eigenvalue weighted by Gasteiger charge is 2.24. The van der Waals surface area contributed by atoms with Gasteiger partial charge in [0.1, 0.15) is 5.75 Å². The lowest BCUT2D eigenvalue weighted by atomic mass is 10.2. The number of hydrogen-bond donors (Lipinski definition) is 2. The second kappa shape index (κ2) is 6.07. The van der Waals surface area contributed by atoms with Crippen molar-refractivity contribution < 1.29 is 17.9 Å². The van der Waals surface area contributed by atoms with Gasteiger partial charge in [-0.05, 0) is 60.9 Å². The minimum Gasteiger partial charge on any atom is -0.493 e. The van der Waals surface area contributed by atoms with Crippen molar-refractivity contribution in [2.45, 2.75) is 30.2 Å². The highest BCUT2D eigenvalue weighted by molar-refractivity contribution is 7.92. The summed E-state index contributed by atoms with van der Waals surface area (Å²) in [4.78, 5) is 12.2. The molecule has 0 saturated heterocycles. The fourth-order valence-corrected chi connectivity index (χ4v) is 3.84. The molecule has 0 bridgehead atoms. The Hall–Kier alpha value is -2.54. The van der Waals surface area contributed by atoms with Crippen LogP contribution in [0.25, 0.3) is 0 Å². The molecule has 1 aliphatic heterocycles. The van der Waals surface area contributed by atoms with Gasteiger partial charge in [-0.1, -0.05) is 0 Å². The Bertz CT molecular complexity index is 919. The minimum absolute atomic E-state index is 0.129. The van der Waals surface area contributed by atoms with E-state index < -0.39 is 10.0 Å². The normalized spacial score (nSPS) is 16.0. The predicted molar refractivity (Wildman–Crippen MR) is 93.4 cm³/mol. The van der Waals surface area contributed by atoms with Crippen LogP contribution in [0.2, 0.25) is 0 Å². The average molecular weight is 358 g/mol. The number of benzene rings is 2. The number of carbonyl (C=O) groups is 1. The van der Waals surface area contributed by atoms with Crippen molar-refractivity contribution in [3.63, 3.8) is 0 Å². The fraction of sp³-hybridized carbons (Fsp3) is 0.278. The Kier molecular flexibility index (Phi) is 3.88. The molecular weight excluding hydrogens is 340 g/mol. The van der Waals surface area contributed by atoms with E-state index in [9.17, 15) is 13.2 Å². The van der Waals surface area contributed by atoms with Crippen LogP contribution in [0.1, 0.15) is 28.8 Å². The molecule has 1 aliphatic carbocycles. The molecule has 1 fully saturated rings. The quantitative estimate of drug-likeness (QED) is 0.859. The van der Waals surface area contributed by atoms with E-state index in [-0.39, 0.29) is 16.8 Å². The molecule has 2 aliphatic rings. The van der Waals surface area contributed by atoms with Crippen LogP contribution < -0.4 is 14.8 Å². The third-order valence-corrected chi connectivity index (χ3v) is 5.66. The summed E-state index contributed by atoms with van der Waals surface area (Å²) in [7, 11) is -3.68. The summed E-state index contributed by atoms with van der Waals surface area (Å²) in [5, 5.41) is 2.90. The number of sulfonamides is 1. The van der Waals surface area contributed by atoms with Crippen LogP contribution in [0, 0.1) is 0 Å². The van der Waals surface area contributed by atoms with Crippen molar-refractivity contribution in [2.75, 3.05) is 11.3 Å². The summed E-state index contributed by atoms with van der Waals surface area (Å²) in [6.07, 6.45) is 2.76. The SMILES string of the molecule is O=C(NC1CC1)c1ccc(NS(=O)(=O)c2ccc3c(c2)CCO3)cc1. The van der Waals surface area contributed by atoms with E-state index in [0.29, 0.717) is 24.3 Å². The molecule has 0 aromatic heterocycles. The highest BCUT2D eigenvalue weighted by atomic mass is 32.2. The third kappa shape index (κ3) is 3.46. The van der Waals surface area contributed by atoms with Gasteiger partial charge >= 0.3 is 0 Å². The number of fused-ring (bicyclic) bond motifs is 1. The molecule has 25 heavy (non-hydrogen) atoms. The zero-order valence-electron chi connectivity index (χ0n) is 13.5. The molecule has 1 heterocycles. The first kappa shape index (κ1) is 16.0. The molecule has 0 spiro atoms. The van der Waals surface area contributed by atoms with Gasteiger partial charge in [-0.15, -0.1) is 0 Å². The van der Waals surface area contributed by atoms with Gasteiger partial charge in [-0.2, -0.15) is 0 Å². The number of ether oxygens (including phenoxy) is 1. The Morgan fingerprint density at radius 3 is 2.56 bits per heavy atom. The van der Waals surface area contributed by atoms with Gasteiger partial charge in [0.15, 0.2) is 0 Å². The van der Waals surface area contributed by atoms with Crippen LogP contribution in [-0.4, -0.2) is 27.0 Å². The molecular formula is C18H18N2O4S. The van der Waals surface area contributed by atoms with Crippen molar-refractivity contribution in [3.8, 4) is 5.75 Å². The third-order valence-electron chi connectivity index (χ3n) is 4.28. The average Bonchev–Trinajstić information content (AvgIpc) is 3.28. The first-order valence-electron chi connectivity index (χ1n) is 8.21. The summed E-state index contributed by atoms with van der Waals surface area (Å²) in [5.74, 6) is 0.612. The van der Waals surface area contributed by atoms with Gasteiger partial charge in [0, 0.05) is 23.7 Å². The lowest BCUT2D eigenvalue weighted by Gasteiger charge is -2.10. The molecule has 1 amide bonds. The number of amides is 1. The Balaban J connectivity index is 1.49. The van der Waals surface area contributed by atoms with Crippen LogP contribution in [0.4, 0.5) is 5.69 Å². The fourth-order valence-electron chi connectivity index (χ4n) is 2.73. The van der Waals surface area contributed by atoms with E-state index in [2.05, 4.69) is 10.0 Å². The smallest absolute Gasteiger partial charge is 0.261 e. The molecule has 2 N–H and O–H groups in total. The first-order chi connectivity index (χ1) is 12.0. The van der Waals surface area contributed by atoms with Crippen molar-refractivity contribution >= 4 is 21.6 Å². The van der Waals surface area contributed by atoms with E-state index in [1.54, 1.807) is 36.4 Å². The van der Waals surface area contributed by atoms with Crippen LogP contribution in [-0.2, 0) is 16.4 Å². The van der Waals surface area contributed by atoms with E-state index >= 15 is 0 Å². The largest absolute Gasteiger partial charge is 0.493 e. The van der Waals surface area contributed by atoms with Gasteiger partial charge in [0.05, 0.1) is 11.5 Å². The molecule has 2 aromatic rings. The zero-order chi connectivity index (χ0) is 17.4. The monoisotopic (exact) mass is 358 g/mol. The molecule has 0 unspecified atom stereocenters. The first-order valence-corrected chi connectivity index (χ1v) is 9.69. The molecule has 2 aromatic carbocycles. The van der Waals surface area contributed by atoms with Gasteiger partial charge in [-0.25, -0.2) is 8.42 Å². The van der Waals surface area contributed by atoms with Gasteiger partial charge in [0.25, 0.3) is 15.9 Å². The van der Waals surface area contributed by atoms with Gasteiger partial charge in [-0.3, -0.25) is 9.52 Å². The minimum atomic E-state index is -3.68. The lowest BCUT2D eigenvalue weighted by molar-refractivity contribution is 0.0951. The molecule has 4 rings (SSSR count). The highest BCUT2D eigenvalue weighted by Crippen LogP contribution is 2.28. The van der Waals surface area contributed by atoms with Gasteiger partial charge < -0.3 is 10.1 Å². The molecule has 7 heteroatoms. The predicted octanol–water partition coefficient (Wildman–Crippen LogP) is 2.31. The summed E-state index contributed by atoms with van der Waals surface area (Å²) in [6.45, 7) is 0.580. The number of anilines is 1. The van der Waals surface area contributed by atoms with Crippen molar-refractivity contribution in [3.05, 3.63) is 53.6 Å². The summed E-state index contributed by atoms with van der Waals surface area (Å²) < 4.78 is 33.0. The maximum atomic E-state index is 12.5. The number of carbonyl (C=O) groups excluding carboxylic acids is 1. The van der Waals surface area contributed by atoms with Crippen molar-refractivity contribution in [1.82, 2.24) is 5.32 Å². The van der Waals surface area contributed by atoms with E-state index in [0.717, 1.165) is 24.2 Å². The van der Waals surface area contributed by atoms with E-state index in [4.69, 9.17) is 4.74 Å². The molecule has 0 atom stereocenters. The molecule has 130 valence electrons. The van der Waals surface area contributed by atoms with E-state index in [1.807, 2.05) is 0 Å². The Morgan fingerprint density at radius 2 is 1.84 bits per heavy atom. The lowest BCUT2D eigenvalue weighted by Crippen LogP contribution is -2.25. The van der Waals surface area contributed by atoms with Crippen LogP contribution in [0.3, 0.4) is 0 Å². The van der Waals surface area contributed by atoms with Crippen LogP contribution in [0.15, 0.2) is 47.4 Å². The second-order valence-electron chi connectivity index (χ2n) is 6.30. The van der Waals surface area contributed by atoms with Gasteiger partial charge in [0.2, 0.25) is 0 Å². The number of hydrogen-bond acceptors (Lipinski definition) is 4. The van der Waals surface area contributed by atoms with Crippen molar-refractivity contribution in [2.24, 2.45) is 0 Å². The second-order valence-corrected chi connectivity index (χ2v) is 7.98. The summed E-state index contributed by atoms with van der Waals surface area (Å²) >= 11 is 0.